The fourth-order valence-corrected chi connectivity index (χ4v) is 6.78. The highest BCUT2D eigenvalue weighted by molar-refractivity contribution is 7.80. The fourth-order valence-electron chi connectivity index (χ4n) is 6.74. The molecule has 6 atom stereocenters. The van der Waals surface area contributed by atoms with Gasteiger partial charge in [0.1, 0.15) is 0 Å². The van der Waals surface area contributed by atoms with Crippen molar-refractivity contribution in [2.24, 2.45) is 39.4 Å². The number of hydrazone groups is 1. The van der Waals surface area contributed by atoms with Gasteiger partial charge in [-0.15, -0.1) is 0 Å². The van der Waals surface area contributed by atoms with E-state index in [1.54, 1.807) is 0 Å². The Morgan fingerprint density at radius 1 is 1.24 bits per heavy atom. The van der Waals surface area contributed by atoms with Crippen LogP contribution >= 0.6 is 12.2 Å². The Labute approximate surface area is 156 Å². The van der Waals surface area contributed by atoms with Gasteiger partial charge in [-0.2, -0.15) is 5.10 Å². The van der Waals surface area contributed by atoms with Gasteiger partial charge in [-0.3, -0.25) is 5.43 Å². The number of nitrogens with one attached hydrogen (secondary N) is 1. The molecule has 4 rings (SSSR count). The zero-order valence-electron chi connectivity index (χ0n) is 15.4. The minimum Gasteiger partial charge on any atom is -0.393 e. The number of allylic oxidation sites excluding steroid dienone is 1. The summed E-state index contributed by atoms with van der Waals surface area (Å²) in [6.07, 6.45) is 11.3. The third kappa shape index (κ3) is 2.66. The van der Waals surface area contributed by atoms with Crippen molar-refractivity contribution in [3.63, 3.8) is 0 Å². The number of thiocarbonyl (C=S) groups is 1. The maximum Gasteiger partial charge on any atom is 0.184 e. The van der Waals surface area contributed by atoms with E-state index in [0.717, 1.165) is 37.5 Å². The van der Waals surface area contributed by atoms with Gasteiger partial charge in [0.2, 0.25) is 0 Å². The first-order chi connectivity index (χ1) is 11.8. The lowest BCUT2D eigenvalue weighted by molar-refractivity contribution is -0.0209. The van der Waals surface area contributed by atoms with E-state index in [4.69, 9.17) is 18.0 Å². The van der Waals surface area contributed by atoms with Crippen LogP contribution in [0.4, 0.5) is 0 Å². The minimum atomic E-state index is -0.124. The van der Waals surface area contributed by atoms with Gasteiger partial charge in [-0.25, -0.2) is 0 Å². The Balaban J connectivity index is 1.62. The number of nitrogens with two attached hydrogens (primary N) is 1. The van der Waals surface area contributed by atoms with Crippen LogP contribution in [0.5, 0.6) is 0 Å². The summed E-state index contributed by atoms with van der Waals surface area (Å²) < 4.78 is 0. The summed E-state index contributed by atoms with van der Waals surface area (Å²) in [5.74, 6) is 2.22. The number of nitrogens with zero attached hydrogens (tertiary/aromatic N) is 1. The van der Waals surface area contributed by atoms with Gasteiger partial charge in [-0.05, 0) is 86.8 Å². The van der Waals surface area contributed by atoms with Crippen LogP contribution in [0.25, 0.3) is 0 Å². The molecule has 0 aromatic carbocycles. The van der Waals surface area contributed by atoms with Crippen LogP contribution in [0.15, 0.2) is 16.8 Å². The molecule has 4 aliphatic carbocycles. The van der Waals surface area contributed by atoms with Gasteiger partial charge in [0.05, 0.1) is 6.10 Å². The monoisotopic (exact) mass is 361 g/mol. The van der Waals surface area contributed by atoms with E-state index >= 15 is 0 Å². The Morgan fingerprint density at radius 3 is 2.72 bits per heavy atom. The van der Waals surface area contributed by atoms with Crippen LogP contribution in [0, 0.1) is 28.6 Å². The SMILES string of the molecule is C[C@]12CC[C@@H](O)CC1=CC[C@H]1[C@H]2CC[C@]2(C)/C(=N/NC(N)=S)CC[C@@H]12. The van der Waals surface area contributed by atoms with Crippen molar-refractivity contribution in [3.8, 4) is 0 Å². The first-order valence-corrected chi connectivity index (χ1v) is 10.3. The van der Waals surface area contributed by atoms with Crippen molar-refractivity contribution >= 4 is 23.0 Å². The normalized spacial score (nSPS) is 47.5. The summed E-state index contributed by atoms with van der Waals surface area (Å²) >= 11 is 4.93. The molecule has 0 aromatic heterocycles. The molecule has 0 radical (unpaired) electrons. The molecule has 5 heteroatoms. The van der Waals surface area contributed by atoms with Crippen molar-refractivity contribution < 1.29 is 5.11 Å². The average Bonchev–Trinajstić information content (AvgIpc) is 2.90. The number of aliphatic hydroxyl groups excluding tert-OH is 1. The summed E-state index contributed by atoms with van der Waals surface area (Å²) in [5, 5.41) is 14.9. The number of hydrogen-bond acceptors (Lipinski definition) is 3. The number of hydrogen-bond donors (Lipinski definition) is 3. The molecule has 4 N–H and O–H groups in total. The first-order valence-electron chi connectivity index (χ1n) is 9.84. The molecule has 0 saturated heterocycles. The van der Waals surface area contributed by atoms with Crippen molar-refractivity contribution in [2.75, 3.05) is 0 Å². The van der Waals surface area contributed by atoms with Crippen molar-refractivity contribution in [1.82, 2.24) is 5.43 Å². The highest BCUT2D eigenvalue weighted by Gasteiger charge is 2.57. The second-order valence-electron chi connectivity index (χ2n) is 9.19. The quantitative estimate of drug-likeness (QED) is 0.380. The van der Waals surface area contributed by atoms with Crippen molar-refractivity contribution in [2.45, 2.75) is 71.3 Å². The van der Waals surface area contributed by atoms with Crippen LogP contribution < -0.4 is 11.2 Å². The molecular formula is C20H31N3OS. The maximum absolute atomic E-state index is 10.1. The molecule has 3 fully saturated rings. The second kappa shape index (κ2) is 6.05. The zero-order chi connectivity index (χ0) is 17.8. The van der Waals surface area contributed by atoms with Crippen LogP contribution in [0.1, 0.15) is 65.2 Å². The number of aliphatic hydroxyl groups is 1. The third-order valence-corrected chi connectivity index (χ3v) is 8.21. The summed E-state index contributed by atoms with van der Waals surface area (Å²) in [6, 6.07) is 0. The molecule has 4 nitrogen and oxygen atoms in total. The minimum absolute atomic E-state index is 0.124. The molecule has 4 aliphatic rings. The van der Waals surface area contributed by atoms with Gasteiger partial charge in [-0.1, -0.05) is 25.5 Å². The summed E-state index contributed by atoms with van der Waals surface area (Å²) in [5.41, 5.74) is 11.7. The first kappa shape index (κ1) is 17.5. The van der Waals surface area contributed by atoms with Crippen LogP contribution in [0.2, 0.25) is 0 Å². The van der Waals surface area contributed by atoms with Gasteiger partial charge in [0, 0.05) is 11.1 Å². The molecule has 3 saturated carbocycles. The zero-order valence-corrected chi connectivity index (χ0v) is 16.2. The molecule has 0 heterocycles. The highest BCUT2D eigenvalue weighted by Crippen LogP contribution is 2.64. The van der Waals surface area contributed by atoms with E-state index in [1.165, 1.54) is 37.0 Å². The molecule has 0 spiro atoms. The molecular weight excluding hydrogens is 330 g/mol. The van der Waals surface area contributed by atoms with E-state index < -0.39 is 0 Å². The van der Waals surface area contributed by atoms with Crippen LogP contribution in [-0.4, -0.2) is 22.0 Å². The predicted molar refractivity (Wildman–Crippen MR) is 105 cm³/mol. The fraction of sp³-hybridized carbons (Fsp3) is 0.800. The Hall–Kier alpha value is -0.940. The Kier molecular flexibility index (Phi) is 4.23. The van der Waals surface area contributed by atoms with Gasteiger partial charge >= 0.3 is 0 Å². The summed E-state index contributed by atoms with van der Waals surface area (Å²) in [7, 11) is 0. The lowest BCUT2D eigenvalue weighted by Crippen LogP contribution is -2.50. The predicted octanol–water partition coefficient (Wildman–Crippen LogP) is 3.50. The van der Waals surface area contributed by atoms with E-state index in [1.807, 2.05) is 0 Å². The largest absolute Gasteiger partial charge is 0.393 e. The summed E-state index contributed by atoms with van der Waals surface area (Å²) in [6.45, 7) is 4.88. The van der Waals surface area contributed by atoms with E-state index in [9.17, 15) is 5.11 Å². The molecule has 0 aliphatic heterocycles. The Morgan fingerprint density at radius 2 is 1.96 bits per heavy atom. The second-order valence-corrected chi connectivity index (χ2v) is 9.63. The molecule has 0 unspecified atom stereocenters. The molecule has 25 heavy (non-hydrogen) atoms. The standard InChI is InChI=1S/C20H31N3OS/c1-19-9-7-13(24)11-12(19)3-4-14-15-5-6-17(22-23-18(21)25)20(15,2)10-8-16(14)19/h3,13-16,24H,4-11H2,1-2H3,(H3,21,23,25)/b22-17+/t13-,14-,15+,16-,19+,20+/m1/s1. The number of fused-ring (bicyclic) bond motifs is 5. The highest BCUT2D eigenvalue weighted by atomic mass is 32.1. The van der Waals surface area contributed by atoms with Gasteiger partial charge in [0.25, 0.3) is 0 Å². The van der Waals surface area contributed by atoms with Gasteiger partial charge in [0.15, 0.2) is 5.11 Å². The van der Waals surface area contributed by atoms with E-state index in [0.29, 0.717) is 11.3 Å². The van der Waals surface area contributed by atoms with Crippen LogP contribution in [0.3, 0.4) is 0 Å². The van der Waals surface area contributed by atoms with Crippen LogP contribution in [-0.2, 0) is 0 Å². The maximum atomic E-state index is 10.1. The Bertz CT molecular complexity index is 645. The number of rotatable bonds is 1. The van der Waals surface area contributed by atoms with E-state index in [2.05, 4.69) is 30.5 Å². The lowest BCUT2D eigenvalue weighted by Gasteiger charge is -2.57. The molecule has 0 amide bonds. The van der Waals surface area contributed by atoms with Crippen molar-refractivity contribution in [3.05, 3.63) is 11.6 Å². The smallest absolute Gasteiger partial charge is 0.184 e. The molecule has 138 valence electrons. The molecule has 0 aromatic rings. The third-order valence-electron chi connectivity index (χ3n) is 8.12. The topological polar surface area (TPSA) is 70.6 Å². The lowest BCUT2D eigenvalue weighted by atomic mass is 9.48. The molecule has 0 bridgehead atoms. The van der Waals surface area contributed by atoms with Gasteiger partial charge < -0.3 is 10.8 Å². The summed E-state index contributed by atoms with van der Waals surface area (Å²) in [4.78, 5) is 0. The van der Waals surface area contributed by atoms with E-state index in [-0.39, 0.29) is 16.6 Å². The van der Waals surface area contributed by atoms with Crippen molar-refractivity contribution in [1.29, 1.82) is 0 Å². The average molecular weight is 362 g/mol.